The summed E-state index contributed by atoms with van der Waals surface area (Å²) in [6, 6.07) is 5.83. The Morgan fingerprint density at radius 3 is 2.72 bits per heavy atom. The molecule has 0 aliphatic carbocycles. The van der Waals surface area contributed by atoms with Crippen molar-refractivity contribution in [3.05, 3.63) is 29.8 Å². The van der Waals surface area contributed by atoms with E-state index >= 15 is 0 Å². The summed E-state index contributed by atoms with van der Waals surface area (Å²) >= 11 is 0. The van der Waals surface area contributed by atoms with Gasteiger partial charge in [-0.15, -0.1) is 0 Å². The molecule has 0 aromatic heterocycles. The molecule has 0 bridgehead atoms. The fourth-order valence-electron chi connectivity index (χ4n) is 2.07. The SMILES string of the molecule is O=C(NC1CCCS(=O)(=O)C1)c1ccccc1O. The molecule has 5 nitrogen and oxygen atoms in total. The molecule has 1 aromatic rings. The number of amides is 1. The van der Waals surface area contributed by atoms with Gasteiger partial charge >= 0.3 is 0 Å². The number of carbonyl (C=O) groups excluding carboxylic acids is 1. The van der Waals surface area contributed by atoms with Crippen molar-refractivity contribution in [3.8, 4) is 5.75 Å². The lowest BCUT2D eigenvalue weighted by Crippen LogP contribution is -2.43. The summed E-state index contributed by atoms with van der Waals surface area (Å²) in [5.74, 6) is -0.369. The maximum absolute atomic E-state index is 11.9. The zero-order valence-corrected chi connectivity index (χ0v) is 10.6. The van der Waals surface area contributed by atoms with E-state index in [4.69, 9.17) is 0 Å². The normalized spacial score (nSPS) is 22.3. The zero-order valence-electron chi connectivity index (χ0n) is 9.80. The van der Waals surface area contributed by atoms with Gasteiger partial charge in [0.15, 0.2) is 9.84 Å². The maximum atomic E-state index is 11.9. The Labute approximate surface area is 106 Å². The van der Waals surface area contributed by atoms with E-state index in [0.717, 1.165) is 0 Å². The van der Waals surface area contributed by atoms with E-state index in [2.05, 4.69) is 5.32 Å². The largest absolute Gasteiger partial charge is 0.507 e. The quantitative estimate of drug-likeness (QED) is 0.827. The molecule has 1 aliphatic heterocycles. The minimum Gasteiger partial charge on any atom is -0.507 e. The molecule has 1 unspecified atom stereocenters. The summed E-state index contributed by atoms with van der Waals surface area (Å²) < 4.78 is 22.9. The van der Waals surface area contributed by atoms with Crippen LogP contribution in [0.25, 0.3) is 0 Å². The standard InChI is InChI=1S/C12H15NO4S/c14-11-6-2-1-5-10(11)12(15)13-9-4-3-7-18(16,17)8-9/h1-2,5-6,9,14H,3-4,7-8H2,(H,13,15). The lowest BCUT2D eigenvalue weighted by Gasteiger charge is -2.23. The molecule has 6 heteroatoms. The predicted octanol–water partition coefficient (Wildman–Crippen LogP) is 0.699. The highest BCUT2D eigenvalue weighted by Gasteiger charge is 2.26. The Kier molecular flexibility index (Phi) is 3.56. The number of para-hydroxylation sites is 1. The molecule has 1 amide bonds. The van der Waals surface area contributed by atoms with Gasteiger partial charge < -0.3 is 10.4 Å². The Bertz CT molecular complexity index is 553. The average molecular weight is 269 g/mol. The van der Waals surface area contributed by atoms with Gasteiger partial charge in [0.1, 0.15) is 5.75 Å². The van der Waals surface area contributed by atoms with Crippen molar-refractivity contribution < 1.29 is 18.3 Å². The van der Waals surface area contributed by atoms with Gasteiger partial charge in [-0.25, -0.2) is 8.42 Å². The van der Waals surface area contributed by atoms with Crippen LogP contribution in [-0.2, 0) is 9.84 Å². The van der Waals surface area contributed by atoms with Gasteiger partial charge in [-0.05, 0) is 25.0 Å². The minimum absolute atomic E-state index is 0.0215. The number of rotatable bonds is 2. The van der Waals surface area contributed by atoms with Crippen LogP contribution in [0.3, 0.4) is 0 Å². The van der Waals surface area contributed by atoms with E-state index in [1.807, 2.05) is 0 Å². The third kappa shape index (κ3) is 3.01. The first-order chi connectivity index (χ1) is 8.48. The fourth-order valence-corrected chi connectivity index (χ4v) is 3.70. The minimum atomic E-state index is -3.05. The second-order valence-electron chi connectivity index (χ2n) is 4.44. The number of benzene rings is 1. The van der Waals surface area contributed by atoms with Crippen LogP contribution in [0, 0.1) is 0 Å². The molecule has 18 heavy (non-hydrogen) atoms. The molecule has 2 N–H and O–H groups in total. The molecule has 1 saturated heterocycles. The number of phenols is 1. The second kappa shape index (κ2) is 4.97. The number of phenolic OH excluding ortho intramolecular Hbond substituents is 1. The smallest absolute Gasteiger partial charge is 0.255 e. The Balaban J connectivity index is 2.06. The van der Waals surface area contributed by atoms with Crippen LogP contribution in [0.4, 0.5) is 0 Å². The zero-order chi connectivity index (χ0) is 13.2. The van der Waals surface area contributed by atoms with Crippen LogP contribution in [0.1, 0.15) is 23.2 Å². The highest BCUT2D eigenvalue weighted by atomic mass is 32.2. The van der Waals surface area contributed by atoms with Crippen molar-refractivity contribution in [2.75, 3.05) is 11.5 Å². The summed E-state index contributed by atoms with van der Waals surface area (Å²) in [5, 5.41) is 12.2. The van der Waals surface area contributed by atoms with Crippen molar-refractivity contribution in [2.24, 2.45) is 0 Å². The van der Waals surface area contributed by atoms with Crippen LogP contribution >= 0.6 is 0 Å². The van der Waals surface area contributed by atoms with Gasteiger partial charge in [0.05, 0.1) is 17.1 Å². The number of hydrogen-bond donors (Lipinski definition) is 2. The van der Waals surface area contributed by atoms with Gasteiger partial charge in [0, 0.05) is 6.04 Å². The van der Waals surface area contributed by atoms with Gasteiger partial charge in [0.25, 0.3) is 5.91 Å². The lowest BCUT2D eigenvalue weighted by atomic mass is 10.1. The third-order valence-corrected chi connectivity index (χ3v) is 4.77. The Morgan fingerprint density at radius 1 is 1.33 bits per heavy atom. The molecular weight excluding hydrogens is 254 g/mol. The number of carbonyl (C=O) groups is 1. The molecule has 0 spiro atoms. The highest BCUT2D eigenvalue weighted by Crippen LogP contribution is 2.17. The van der Waals surface area contributed by atoms with Gasteiger partial charge in [-0.3, -0.25) is 4.79 Å². The van der Waals surface area contributed by atoms with Crippen molar-refractivity contribution >= 4 is 15.7 Å². The van der Waals surface area contributed by atoms with Crippen LogP contribution in [0.2, 0.25) is 0 Å². The molecule has 98 valence electrons. The summed E-state index contributed by atoms with van der Waals surface area (Å²) in [7, 11) is -3.05. The average Bonchev–Trinajstić information content (AvgIpc) is 2.28. The van der Waals surface area contributed by atoms with Gasteiger partial charge in [-0.1, -0.05) is 12.1 Å². The van der Waals surface area contributed by atoms with Crippen molar-refractivity contribution in [2.45, 2.75) is 18.9 Å². The molecular formula is C12H15NO4S. The Morgan fingerprint density at radius 2 is 2.06 bits per heavy atom. The van der Waals surface area contributed by atoms with Crippen LogP contribution in [0.5, 0.6) is 5.75 Å². The molecule has 0 radical (unpaired) electrons. The summed E-state index contributed by atoms with van der Waals surface area (Å²) in [5.41, 5.74) is 0.167. The molecule has 1 aromatic carbocycles. The lowest BCUT2D eigenvalue weighted by molar-refractivity contribution is 0.0935. The van der Waals surface area contributed by atoms with Gasteiger partial charge in [0.2, 0.25) is 0 Å². The van der Waals surface area contributed by atoms with E-state index in [1.165, 1.54) is 12.1 Å². The van der Waals surface area contributed by atoms with E-state index in [1.54, 1.807) is 12.1 Å². The molecule has 1 aliphatic rings. The maximum Gasteiger partial charge on any atom is 0.255 e. The molecule has 1 atom stereocenters. The predicted molar refractivity (Wildman–Crippen MR) is 67.2 cm³/mol. The highest BCUT2D eigenvalue weighted by molar-refractivity contribution is 7.91. The number of sulfone groups is 1. The van der Waals surface area contributed by atoms with Crippen LogP contribution in [-0.4, -0.2) is 37.0 Å². The number of nitrogens with one attached hydrogen (secondary N) is 1. The summed E-state index contributed by atoms with van der Waals surface area (Å²) in [6.45, 7) is 0. The molecule has 1 heterocycles. The number of hydrogen-bond acceptors (Lipinski definition) is 4. The third-order valence-electron chi connectivity index (χ3n) is 2.95. The topological polar surface area (TPSA) is 83.5 Å². The second-order valence-corrected chi connectivity index (χ2v) is 6.67. The fraction of sp³-hybridized carbons (Fsp3) is 0.417. The summed E-state index contributed by atoms with van der Waals surface area (Å²) in [6.07, 6.45) is 1.21. The van der Waals surface area contributed by atoms with E-state index in [9.17, 15) is 18.3 Å². The van der Waals surface area contributed by atoms with Crippen molar-refractivity contribution in [1.82, 2.24) is 5.32 Å². The van der Waals surface area contributed by atoms with Crippen molar-refractivity contribution in [1.29, 1.82) is 0 Å². The van der Waals surface area contributed by atoms with Crippen molar-refractivity contribution in [3.63, 3.8) is 0 Å². The Hall–Kier alpha value is -1.56. The first kappa shape index (κ1) is 12.9. The first-order valence-electron chi connectivity index (χ1n) is 5.77. The number of aromatic hydroxyl groups is 1. The molecule has 2 rings (SSSR count). The molecule has 1 fully saturated rings. The summed E-state index contributed by atoms with van der Waals surface area (Å²) in [4.78, 5) is 11.9. The monoisotopic (exact) mass is 269 g/mol. The first-order valence-corrected chi connectivity index (χ1v) is 7.59. The van der Waals surface area contributed by atoms with Crippen LogP contribution in [0.15, 0.2) is 24.3 Å². The molecule has 0 saturated carbocycles. The van der Waals surface area contributed by atoms with E-state index < -0.39 is 15.7 Å². The van der Waals surface area contributed by atoms with E-state index in [-0.39, 0.29) is 28.9 Å². The van der Waals surface area contributed by atoms with Gasteiger partial charge in [-0.2, -0.15) is 0 Å². The van der Waals surface area contributed by atoms with E-state index in [0.29, 0.717) is 12.8 Å². The van der Waals surface area contributed by atoms with Crippen LogP contribution < -0.4 is 5.32 Å².